The maximum absolute atomic E-state index is 13.6. The molecular weight excluding hydrogens is 518 g/mol. The Hall–Kier alpha value is -2.19. The topological polar surface area (TPSA) is 69.6 Å². The zero-order valence-corrected chi connectivity index (χ0v) is 24.2. The Balaban J connectivity index is 1.51. The summed E-state index contributed by atoms with van der Waals surface area (Å²) >= 11 is 0.423. The van der Waals surface area contributed by atoms with Gasteiger partial charge in [0.05, 0.1) is 0 Å². The van der Waals surface area contributed by atoms with Crippen molar-refractivity contribution in [2.24, 2.45) is 17.3 Å². The number of nitrogens with zero attached hydrogens (tertiary/aromatic N) is 1. The van der Waals surface area contributed by atoms with Crippen LogP contribution in [0, 0.1) is 24.2 Å². The maximum Gasteiger partial charge on any atom is 0.329 e. The van der Waals surface area contributed by atoms with E-state index in [4.69, 9.17) is 0 Å². The van der Waals surface area contributed by atoms with Gasteiger partial charge in [0.25, 0.3) is 11.7 Å². The number of amides is 1. The number of aryl methyl sites for hydroxylation is 1. The number of benzene rings is 1. The number of aliphatic carboxylic acids is 1. The summed E-state index contributed by atoms with van der Waals surface area (Å²) in [4.78, 5) is 28.1. The van der Waals surface area contributed by atoms with E-state index in [0.29, 0.717) is 23.8 Å². The fourth-order valence-corrected chi connectivity index (χ4v) is 7.23. The van der Waals surface area contributed by atoms with E-state index in [-0.39, 0.29) is 17.6 Å². The molecule has 0 aliphatic heterocycles. The highest BCUT2D eigenvalue weighted by Gasteiger charge is 2.61. The van der Waals surface area contributed by atoms with Gasteiger partial charge in [-0.05, 0) is 62.4 Å². The second-order valence-corrected chi connectivity index (χ2v) is 13.2. The van der Waals surface area contributed by atoms with Crippen molar-refractivity contribution in [2.45, 2.75) is 76.5 Å². The number of nitrogens with one attached hydrogen (secondary N) is 1. The molecular formula is C31H42F2N2O3S. The highest BCUT2D eigenvalue weighted by molar-refractivity contribution is 7.99. The molecule has 1 aromatic rings. The lowest BCUT2D eigenvalue weighted by Crippen LogP contribution is -2.46. The van der Waals surface area contributed by atoms with E-state index in [1.54, 1.807) is 0 Å². The van der Waals surface area contributed by atoms with Crippen molar-refractivity contribution in [2.75, 3.05) is 25.9 Å². The molecule has 3 atom stereocenters. The second kappa shape index (κ2) is 12.5. The first-order valence-corrected chi connectivity index (χ1v) is 15.2. The van der Waals surface area contributed by atoms with Gasteiger partial charge in [-0.15, -0.1) is 0 Å². The highest BCUT2D eigenvalue weighted by atomic mass is 32.2. The first-order valence-electron chi connectivity index (χ1n) is 14.2. The average molecular weight is 561 g/mol. The molecule has 5 nitrogen and oxygen atoms in total. The molecule has 0 radical (unpaired) electrons. The number of hydrogen-bond donors (Lipinski definition) is 2. The van der Waals surface area contributed by atoms with Crippen molar-refractivity contribution >= 4 is 29.2 Å². The van der Waals surface area contributed by atoms with Crippen LogP contribution in [-0.4, -0.2) is 59.1 Å². The quantitative estimate of drug-likeness (QED) is 0.304. The number of alkyl halides is 2. The van der Waals surface area contributed by atoms with Gasteiger partial charge in [0, 0.05) is 29.2 Å². The molecule has 0 aromatic heterocycles. The molecule has 3 aliphatic rings. The molecule has 4 rings (SSSR count). The summed E-state index contributed by atoms with van der Waals surface area (Å²) in [6.07, 6.45) is 12.7. The average Bonchev–Trinajstić information content (AvgIpc) is 3.60. The van der Waals surface area contributed by atoms with Crippen LogP contribution in [-0.2, 0) is 9.59 Å². The van der Waals surface area contributed by atoms with E-state index >= 15 is 0 Å². The van der Waals surface area contributed by atoms with Gasteiger partial charge in [0.2, 0.25) is 0 Å². The van der Waals surface area contributed by atoms with E-state index in [0.717, 1.165) is 35.7 Å². The Morgan fingerprint density at radius 1 is 1.21 bits per heavy atom. The molecule has 3 unspecified atom stereocenters. The molecule has 2 saturated carbocycles. The van der Waals surface area contributed by atoms with Crippen LogP contribution in [0.15, 0.2) is 42.0 Å². The van der Waals surface area contributed by atoms with Gasteiger partial charge in [0.1, 0.15) is 5.54 Å². The van der Waals surface area contributed by atoms with Crippen LogP contribution in [0.3, 0.4) is 0 Å². The monoisotopic (exact) mass is 560 g/mol. The summed E-state index contributed by atoms with van der Waals surface area (Å²) in [5.74, 6) is -3.89. The number of halogens is 2. The number of carboxylic acid groups (broad SMARTS) is 1. The van der Waals surface area contributed by atoms with Crippen LogP contribution in [0.1, 0.15) is 69.4 Å². The summed E-state index contributed by atoms with van der Waals surface area (Å²) in [5.41, 5.74) is 1.70. The number of hydrogen-bond acceptors (Lipinski definition) is 4. The zero-order valence-electron chi connectivity index (χ0n) is 23.3. The summed E-state index contributed by atoms with van der Waals surface area (Å²) in [6.45, 7) is 6.13. The van der Waals surface area contributed by atoms with Crippen LogP contribution in [0.25, 0.3) is 5.57 Å². The Morgan fingerprint density at radius 3 is 2.59 bits per heavy atom. The largest absolute Gasteiger partial charge is 0.479 e. The number of allylic oxidation sites excluding steroid dienone is 1. The van der Waals surface area contributed by atoms with Gasteiger partial charge < -0.3 is 15.3 Å². The molecule has 0 spiro atoms. The van der Waals surface area contributed by atoms with Gasteiger partial charge in [0.15, 0.2) is 0 Å². The van der Waals surface area contributed by atoms with Gasteiger partial charge in [-0.25, -0.2) is 4.79 Å². The van der Waals surface area contributed by atoms with Crippen molar-refractivity contribution < 1.29 is 23.5 Å². The third-order valence-corrected chi connectivity index (χ3v) is 9.64. The molecule has 2 fully saturated rings. The zero-order chi connectivity index (χ0) is 28.2. The van der Waals surface area contributed by atoms with Gasteiger partial charge in [-0.1, -0.05) is 87.2 Å². The predicted molar refractivity (Wildman–Crippen MR) is 154 cm³/mol. The molecule has 0 saturated heterocycles. The fourth-order valence-electron chi connectivity index (χ4n) is 6.45. The van der Waals surface area contributed by atoms with Crippen LogP contribution >= 0.6 is 11.8 Å². The van der Waals surface area contributed by atoms with Crippen molar-refractivity contribution in [1.29, 1.82) is 0 Å². The molecule has 1 amide bonds. The second-order valence-electron chi connectivity index (χ2n) is 12.1. The molecule has 0 bridgehead atoms. The first-order chi connectivity index (χ1) is 18.5. The lowest BCUT2D eigenvalue weighted by atomic mass is 9.74. The molecule has 3 aliphatic carbocycles. The molecule has 0 heterocycles. The standard InChI is InChI=1S/C31H42F2N2O3S/c1-21-9-7-8-12-24(21)26-18-30(2,20-35(3)16-14-22-10-5-4-6-11-22)15-13-25(26)27(36)34-31(28(37)38)17-23(31)19-39-29(32)33/h7-9,12-13,15,22-23,29H,4-6,10-11,14,16-20H2,1-3H3,(H,34,36)(H,37,38). The number of carbonyl (C=O) groups excluding carboxylic acids is 1. The third kappa shape index (κ3) is 7.31. The fraction of sp³-hybridized carbons (Fsp3) is 0.613. The third-order valence-electron chi connectivity index (χ3n) is 8.79. The number of thioether (sulfide) groups is 1. The van der Waals surface area contributed by atoms with Gasteiger partial charge in [-0.3, -0.25) is 4.79 Å². The Kier molecular flexibility index (Phi) is 9.58. The normalized spacial score (nSPS) is 27.3. The smallest absolute Gasteiger partial charge is 0.329 e. The van der Waals surface area contributed by atoms with Crippen molar-refractivity contribution in [3.8, 4) is 0 Å². The molecule has 39 heavy (non-hydrogen) atoms. The van der Waals surface area contributed by atoms with E-state index in [1.807, 2.05) is 37.3 Å². The van der Waals surface area contributed by atoms with Crippen LogP contribution in [0.4, 0.5) is 8.78 Å². The van der Waals surface area contributed by atoms with Crippen LogP contribution < -0.4 is 5.32 Å². The van der Waals surface area contributed by atoms with Gasteiger partial charge >= 0.3 is 5.97 Å². The van der Waals surface area contributed by atoms with E-state index in [2.05, 4.69) is 30.3 Å². The van der Waals surface area contributed by atoms with E-state index < -0.39 is 29.1 Å². The maximum atomic E-state index is 13.6. The molecule has 214 valence electrons. The van der Waals surface area contributed by atoms with Crippen molar-refractivity contribution in [1.82, 2.24) is 10.2 Å². The van der Waals surface area contributed by atoms with E-state index in [9.17, 15) is 23.5 Å². The SMILES string of the molecule is Cc1ccccc1C1=C(C(=O)NC2(C(=O)O)CC2CSC(F)F)C=CC(C)(CN(C)CCC2CCCCC2)C1. The summed E-state index contributed by atoms with van der Waals surface area (Å²) in [5, 5.41) is 12.6. The summed E-state index contributed by atoms with van der Waals surface area (Å²) < 4.78 is 25.4. The minimum Gasteiger partial charge on any atom is -0.479 e. The predicted octanol–water partition coefficient (Wildman–Crippen LogP) is 6.53. The Bertz CT molecular complexity index is 1120. The lowest BCUT2D eigenvalue weighted by Gasteiger charge is -2.36. The lowest BCUT2D eigenvalue weighted by molar-refractivity contribution is -0.143. The Morgan fingerprint density at radius 2 is 1.92 bits per heavy atom. The Labute approximate surface area is 235 Å². The number of rotatable bonds is 12. The number of carbonyl (C=O) groups is 2. The van der Waals surface area contributed by atoms with Crippen LogP contribution in [0.5, 0.6) is 0 Å². The highest BCUT2D eigenvalue weighted by Crippen LogP contribution is 2.47. The molecule has 2 N–H and O–H groups in total. The van der Waals surface area contributed by atoms with Crippen LogP contribution in [0.2, 0.25) is 0 Å². The molecule has 8 heteroatoms. The summed E-state index contributed by atoms with van der Waals surface area (Å²) in [6, 6.07) is 7.94. The minimum atomic E-state index is -2.57. The number of carboxylic acids is 1. The van der Waals surface area contributed by atoms with Crippen molar-refractivity contribution in [3.63, 3.8) is 0 Å². The van der Waals surface area contributed by atoms with E-state index in [1.165, 1.54) is 38.5 Å². The molecule has 1 aromatic carbocycles. The summed E-state index contributed by atoms with van der Waals surface area (Å²) in [7, 11) is 2.17. The van der Waals surface area contributed by atoms with Crippen molar-refractivity contribution in [3.05, 3.63) is 53.1 Å². The minimum absolute atomic E-state index is 0.00491. The first kappa shape index (κ1) is 29.8. The van der Waals surface area contributed by atoms with Gasteiger partial charge in [-0.2, -0.15) is 8.78 Å².